The number of amides is 1. The number of likely N-dealkylation sites (tertiary alicyclic amines) is 1. The zero-order valence-electron chi connectivity index (χ0n) is 22.2. The van der Waals surface area contributed by atoms with Gasteiger partial charge in [-0.15, -0.1) is 0 Å². The zero-order chi connectivity index (χ0) is 26.1. The van der Waals surface area contributed by atoms with E-state index in [0.29, 0.717) is 18.0 Å². The van der Waals surface area contributed by atoms with E-state index in [1.807, 2.05) is 48.5 Å². The molecule has 1 amide bonds. The molecule has 0 aliphatic carbocycles. The topological polar surface area (TPSA) is 56.1 Å². The van der Waals surface area contributed by atoms with Gasteiger partial charge < -0.3 is 10.2 Å². The minimum atomic E-state index is -0.0119. The van der Waals surface area contributed by atoms with Crippen molar-refractivity contribution in [3.8, 4) is 17.2 Å². The van der Waals surface area contributed by atoms with Crippen LogP contribution in [0.3, 0.4) is 0 Å². The number of anilines is 1. The Morgan fingerprint density at radius 2 is 1.73 bits per heavy atom. The fraction of sp³-hybridized carbons (Fsp3) is 0.394. The average Bonchev–Trinajstić information content (AvgIpc) is 2.95. The van der Waals surface area contributed by atoms with E-state index in [1.165, 1.54) is 24.8 Å². The maximum Gasteiger partial charge on any atom is 0.224 e. The molecule has 1 aliphatic rings. The smallest absolute Gasteiger partial charge is 0.224 e. The Kier molecular flexibility index (Phi) is 9.14. The predicted molar refractivity (Wildman–Crippen MR) is 152 cm³/mol. The van der Waals surface area contributed by atoms with Gasteiger partial charge >= 0.3 is 0 Å². The number of para-hydroxylation sites is 1. The number of nitrogens with one attached hydrogen (secondary N) is 1. The third kappa shape index (κ3) is 6.87. The van der Waals surface area contributed by atoms with Crippen molar-refractivity contribution in [3.05, 3.63) is 90.0 Å². The first-order valence-corrected chi connectivity index (χ1v) is 13.7. The van der Waals surface area contributed by atoms with Crippen LogP contribution in [0.25, 0.3) is 11.1 Å². The summed E-state index contributed by atoms with van der Waals surface area (Å²) in [6.07, 6.45) is 7.23. The lowest BCUT2D eigenvalue weighted by molar-refractivity contribution is -0.116. The van der Waals surface area contributed by atoms with Crippen molar-refractivity contribution < 1.29 is 4.79 Å². The van der Waals surface area contributed by atoms with Gasteiger partial charge in [0.1, 0.15) is 0 Å². The molecule has 3 aromatic rings. The molecule has 0 bridgehead atoms. The molecule has 37 heavy (non-hydrogen) atoms. The van der Waals surface area contributed by atoms with Crippen molar-refractivity contribution in [2.24, 2.45) is 0 Å². The molecule has 4 heteroatoms. The van der Waals surface area contributed by atoms with E-state index in [2.05, 4.69) is 60.5 Å². The van der Waals surface area contributed by atoms with Crippen LogP contribution in [0.15, 0.2) is 78.9 Å². The highest BCUT2D eigenvalue weighted by atomic mass is 16.1. The molecule has 1 aliphatic heterocycles. The van der Waals surface area contributed by atoms with Crippen molar-refractivity contribution >= 4 is 11.6 Å². The third-order valence-corrected chi connectivity index (χ3v) is 8.06. The quantitative estimate of drug-likeness (QED) is 0.317. The lowest BCUT2D eigenvalue weighted by Gasteiger charge is -2.44. The summed E-state index contributed by atoms with van der Waals surface area (Å²) in [5, 5.41) is 12.3. The molecule has 1 fully saturated rings. The highest BCUT2D eigenvalue weighted by Gasteiger charge is 2.37. The largest absolute Gasteiger partial charge is 0.326 e. The number of piperidine rings is 1. The first-order chi connectivity index (χ1) is 18.0. The number of carbonyl (C=O) groups is 1. The number of hydrogen-bond donors (Lipinski definition) is 1. The highest BCUT2D eigenvalue weighted by molar-refractivity contribution is 5.90. The second-order valence-corrected chi connectivity index (χ2v) is 10.5. The van der Waals surface area contributed by atoms with E-state index in [9.17, 15) is 10.1 Å². The van der Waals surface area contributed by atoms with Crippen LogP contribution in [0.5, 0.6) is 0 Å². The number of nitrogens with zero attached hydrogens (tertiary/aromatic N) is 2. The Labute approximate surface area is 222 Å². The zero-order valence-corrected chi connectivity index (χ0v) is 22.2. The van der Waals surface area contributed by atoms with Crippen LogP contribution in [0, 0.1) is 11.3 Å². The van der Waals surface area contributed by atoms with Gasteiger partial charge in [0.2, 0.25) is 5.91 Å². The van der Waals surface area contributed by atoms with E-state index in [1.54, 1.807) is 0 Å². The summed E-state index contributed by atoms with van der Waals surface area (Å²) < 4.78 is 0. The molecule has 4 nitrogen and oxygen atoms in total. The van der Waals surface area contributed by atoms with Gasteiger partial charge in [0.25, 0.3) is 0 Å². The molecule has 3 aromatic carbocycles. The monoisotopic (exact) mass is 493 g/mol. The number of nitriles is 1. The molecule has 0 saturated carbocycles. The average molecular weight is 494 g/mol. The van der Waals surface area contributed by atoms with Gasteiger partial charge in [0, 0.05) is 18.2 Å². The fourth-order valence-corrected chi connectivity index (χ4v) is 5.64. The molecule has 1 atom stereocenters. The maximum absolute atomic E-state index is 12.9. The van der Waals surface area contributed by atoms with Gasteiger partial charge in [-0.05, 0) is 92.1 Å². The van der Waals surface area contributed by atoms with Gasteiger partial charge in [-0.1, -0.05) is 74.4 Å². The minimum absolute atomic E-state index is 0.0119. The van der Waals surface area contributed by atoms with Gasteiger partial charge in [-0.25, -0.2) is 0 Å². The molecule has 0 aromatic heterocycles. The Bertz CT molecular complexity index is 1190. The van der Waals surface area contributed by atoms with Crippen molar-refractivity contribution in [1.29, 1.82) is 5.26 Å². The van der Waals surface area contributed by atoms with Crippen molar-refractivity contribution in [3.63, 3.8) is 0 Å². The van der Waals surface area contributed by atoms with Crippen molar-refractivity contribution in [2.75, 3.05) is 18.4 Å². The molecule has 1 saturated heterocycles. The van der Waals surface area contributed by atoms with Crippen LogP contribution in [0.4, 0.5) is 5.69 Å². The normalized spacial score (nSPS) is 16.0. The second kappa shape index (κ2) is 12.7. The molecule has 1 heterocycles. The van der Waals surface area contributed by atoms with Crippen LogP contribution in [-0.4, -0.2) is 29.9 Å². The Hall–Kier alpha value is -3.42. The van der Waals surface area contributed by atoms with E-state index in [4.69, 9.17) is 0 Å². The number of unbranched alkanes of at least 4 members (excludes halogenated alkanes) is 1. The molecule has 0 radical (unpaired) electrons. The van der Waals surface area contributed by atoms with Crippen LogP contribution in [0.1, 0.15) is 69.9 Å². The van der Waals surface area contributed by atoms with Gasteiger partial charge in [0.05, 0.1) is 11.6 Å². The summed E-state index contributed by atoms with van der Waals surface area (Å²) >= 11 is 0. The standard InChI is InChI=1S/C33H39N3O/c1-3-4-9-26(2)36-22-20-33(21-23-36,19-18-32(37)35-31-12-6-5-7-13-31)30-16-14-28(15-17-30)29-11-8-10-27(24-29)25-34/h5-8,10-17,24,26H,3-4,9,18-23H2,1-2H3,(H,35,37). The molecule has 4 rings (SSSR count). The fourth-order valence-electron chi connectivity index (χ4n) is 5.64. The Morgan fingerprint density at radius 1 is 1.00 bits per heavy atom. The highest BCUT2D eigenvalue weighted by Crippen LogP contribution is 2.41. The minimum Gasteiger partial charge on any atom is -0.326 e. The molecular formula is C33H39N3O. The molecule has 0 spiro atoms. The molecule has 1 unspecified atom stereocenters. The van der Waals surface area contributed by atoms with Crippen LogP contribution in [0.2, 0.25) is 0 Å². The Morgan fingerprint density at radius 3 is 2.41 bits per heavy atom. The van der Waals surface area contributed by atoms with Crippen molar-refractivity contribution in [1.82, 2.24) is 4.90 Å². The summed E-state index contributed by atoms with van der Waals surface area (Å²) in [5.41, 5.74) is 5.00. The third-order valence-electron chi connectivity index (χ3n) is 8.06. The SMILES string of the molecule is CCCCC(C)N1CCC(CCC(=O)Nc2ccccc2)(c2ccc(-c3cccc(C#N)c3)cc2)CC1. The summed E-state index contributed by atoms with van der Waals surface area (Å²) in [7, 11) is 0. The maximum atomic E-state index is 12.9. The van der Waals surface area contributed by atoms with Gasteiger partial charge in [-0.3, -0.25) is 4.79 Å². The van der Waals surface area contributed by atoms with Crippen LogP contribution >= 0.6 is 0 Å². The first kappa shape index (κ1) is 26.6. The Balaban J connectivity index is 1.51. The lowest BCUT2D eigenvalue weighted by atomic mass is 9.69. The van der Waals surface area contributed by atoms with Crippen LogP contribution < -0.4 is 5.32 Å². The summed E-state index contributed by atoms with van der Waals surface area (Å²) in [4.78, 5) is 15.5. The van der Waals surface area contributed by atoms with Gasteiger partial charge in [-0.2, -0.15) is 5.26 Å². The summed E-state index contributed by atoms with van der Waals surface area (Å²) in [5.74, 6) is 0.0780. The van der Waals surface area contributed by atoms with Gasteiger partial charge in [0.15, 0.2) is 0 Å². The van der Waals surface area contributed by atoms with E-state index >= 15 is 0 Å². The predicted octanol–water partition coefficient (Wildman–Crippen LogP) is 7.56. The number of hydrogen-bond acceptors (Lipinski definition) is 3. The number of benzene rings is 3. The lowest BCUT2D eigenvalue weighted by Crippen LogP contribution is -2.46. The van der Waals surface area contributed by atoms with E-state index < -0.39 is 0 Å². The summed E-state index contributed by atoms with van der Waals surface area (Å²) in [6, 6.07) is 29.2. The molecular weight excluding hydrogens is 454 g/mol. The number of rotatable bonds is 10. The van der Waals surface area contributed by atoms with E-state index in [-0.39, 0.29) is 11.3 Å². The number of carbonyl (C=O) groups excluding carboxylic acids is 1. The van der Waals surface area contributed by atoms with Crippen molar-refractivity contribution in [2.45, 2.75) is 70.3 Å². The first-order valence-electron chi connectivity index (χ1n) is 13.7. The molecule has 192 valence electrons. The second-order valence-electron chi connectivity index (χ2n) is 10.5. The van der Waals surface area contributed by atoms with E-state index in [0.717, 1.165) is 49.2 Å². The van der Waals surface area contributed by atoms with Crippen LogP contribution in [-0.2, 0) is 10.2 Å². The summed E-state index contributed by atoms with van der Waals surface area (Å²) in [6.45, 7) is 6.75. The molecule has 1 N–H and O–H groups in total.